The Morgan fingerprint density at radius 2 is 1.85 bits per heavy atom. The molecule has 0 heterocycles. The molecule has 0 aromatic rings. The number of aliphatic carboxylic acids is 1. The molecule has 8 nitrogen and oxygen atoms in total. The molecule has 0 spiro atoms. The van der Waals surface area contributed by atoms with E-state index >= 15 is 0 Å². The minimum Gasteiger partial charge on any atom is -0.478 e. The van der Waals surface area contributed by atoms with Crippen molar-refractivity contribution in [2.75, 3.05) is 0 Å². The molecule has 0 aromatic heterocycles. The monoisotopic (exact) mass is 232 g/mol. The molecule has 13 heavy (non-hydrogen) atoms. The highest BCUT2D eigenvalue weighted by Crippen LogP contribution is 2.31. The molecule has 0 aromatic carbocycles. The number of carboxylic acid groups (broad SMARTS) is 1. The summed E-state index contributed by atoms with van der Waals surface area (Å²) in [5.41, 5.74) is 0. The second kappa shape index (κ2) is 3.54. The van der Waals surface area contributed by atoms with Gasteiger partial charge in [0.1, 0.15) is 0 Å². The van der Waals surface area contributed by atoms with Crippen LogP contribution in [-0.2, 0) is 28.5 Å². The molecule has 0 amide bonds. The zero-order valence-corrected chi connectivity index (χ0v) is 7.91. The van der Waals surface area contributed by atoms with E-state index in [4.69, 9.17) is 9.66 Å². The van der Waals surface area contributed by atoms with E-state index in [0.29, 0.717) is 6.92 Å². The van der Waals surface area contributed by atoms with Crippen LogP contribution in [-0.4, -0.2) is 29.4 Å². The van der Waals surface area contributed by atoms with Crippen molar-refractivity contribution < 1.29 is 36.2 Å². The van der Waals surface area contributed by atoms with Gasteiger partial charge in [0.15, 0.2) is 0 Å². The summed E-state index contributed by atoms with van der Waals surface area (Å²) in [5, 5.41) is 5.30. The van der Waals surface area contributed by atoms with Crippen molar-refractivity contribution in [2.45, 2.75) is 12.3 Å². The Balaban J connectivity index is 5.19. The van der Waals surface area contributed by atoms with E-state index < -0.39 is 29.4 Å². The Bertz CT molecular complexity index is 370. The van der Waals surface area contributed by atoms with Crippen LogP contribution in [0.25, 0.3) is 0 Å². The van der Waals surface area contributed by atoms with Crippen LogP contribution < -0.4 is 0 Å². The Morgan fingerprint density at radius 1 is 1.46 bits per heavy atom. The van der Waals surface area contributed by atoms with Crippen LogP contribution in [0.15, 0.2) is 0 Å². The van der Waals surface area contributed by atoms with Gasteiger partial charge < -0.3 is 5.11 Å². The van der Waals surface area contributed by atoms with Gasteiger partial charge in [-0.3, -0.25) is 4.55 Å². The van der Waals surface area contributed by atoms with Gasteiger partial charge in [0.2, 0.25) is 0 Å². The Kier molecular flexibility index (Phi) is 3.34. The molecule has 10 heteroatoms. The van der Waals surface area contributed by atoms with Crippen molar-refractivity contribution in [3.05, 3.63) is 0 Å². The summed E-state index contributed by atoms with van der Waals surface area (Å²) in [7, 11) is -8.85. The highest BCUT2D eigenvalue weighted by molar-refractivity contribution is 7.81. The molecule has 0 aliphatic rings. The second-order valence-corrected chi connectivity index (χ2v) is 4.45. The lowest BCUT2D eigenvalue weighted by Gasteiger charge is -2.12. The predicted octanol–water partition coefficient (Wildman–Crippen LogP) is -0.220. The van der Waals surface area contributed by atoms with Gasteiger partial charge in [-0.05, 0) is 6.92 Å². The summed E-state index contributed by atoms with van der Waals surface area (Å²) >= 11 is 0. The quantitative estimate of drug-likeness (QED) is 0.501. The van der Waals surface area contributed by atoms with E-state index in [1.165, 1.54) is 0 Å². The van der Waals surface area contributed by atoms with E-state index in [1.807, 2.05) is 0 Å². The number of hydrogen-bond acceptors (Lipinski definition) is 6. The summed E-state index contributed by atoms with van der Waals surface area (Å²) in [4.78, 5) is 10.3. The Hall–Kier alpha value is -0.760. The molecule has 0 aliphatic carbocycles. The molecule has 0 rings (SSSR count). The minimum atomic E-state index is -5.14. The fourth-order valence-electron chi connectivity index (χ4n) is 0.349. The molecule has 0 radical (unpaired) electrons. The fourth-order valence-corrected chi connectivity index (χ4v) is 1.51. The van der Waals surface area contributed by atoms with Crippen molar-refractivity contribution in [2.24, 2.45) is 0 Å². The lowest BCUT2D eigenvalue weighted by molar-refractivity contribution is -0.147. The van der Waals surface area contributed by atoms with E-state index in [2.05, 4.69) is 4.18 Å². The predicted molar refractivity (Wildman–Crippen MR) is 37.0 cm³/mol. The summed E-state index contributed by atoms with van der Waals surface area (Å²) in [6.07, 6.45) is 0. The van der Waals surface area contributed by atoms with Crippen molar-refractivity contribution in [3.8, 4) is 0 Å². The van der Waals surface area contributed by atoms with Gasteiger partial charge in [0, 0.05) is 0 Å². The zero-order valence-electron chi connectivity index (χ0n) is 6.20. The van der Waals surface area contributed by atoms with Crippen LogP contribution in [0.5, 0.6) is 0 Å². The highest BCUT2D eigenvalue weighted by Gasteiger charge is 2.45. The van der Waals surface area contributed by atoms with Crippen molar-refractivity contribution in [1.29, 1.82) is 0 Å². The van der Waals surface area contributed by atoms with Gasteiger partial charge in [-0.15, -0.1) is 0 Å². The first-order valence-electron chi connectivity index (χ1n) is 2.65. The van der Waals surface area contributed by atoms with Gasteiger partial charge in [-0.2, -0.15) is 8.42 Å². The van der Waals surface area contributed by atoms with Crippen molar-refractivity contribution >= 4 is 24.0 Å². The first kappa shape index (κ1) is 12.2. The van der Waals surface area contributed by atoms with Crippen molar-refractivity contribution in [1.82, 2.24) is 0 Å². The van der Waals surface area contributed by atoms with Gasteiger partial charge in [-0.25, -0.2) is 18.1 Å². The lowest BCUT2D eigenvalue weighted by atomic mass is 10.4. The molecule has 0 aliphatic heterocycles. The number of carboxylic acids is 1. The molecule has 0 saturated heterocycles. The number of rotatable bonds is 4. The van der Waals surface area contributed by atoms with E-state index in [0.717, 1.165) is 0 Å². The van der Waals surface area contributed by atoms with Crippen LogP contribution in [0.1, 0.15) is 6.92 Å². The third-order valence-corrected chi connectivity index (χ3v) is 2.66. The third kappa shape index (κ3) is 3.23. The normalized spacial score (nSPS) is 16.2. The smallest absolute Gasteiger partial charge is 0.399 e. The highest BCUT2D eigenvalue weighted by atomic mass is 32.3. The topological polar surface area (TPSA) is 135 Å². The average Bonchev–Trinajstić information content (AvgIpc) is 1.82. The SMILES string of the molecule is CC(OS(=O)(=O)O)(C(=O)O)P(=O)=O. The molecule has 2 N–H and O–H groups in total. The standard InChI is InChI=1S/C3H5O8PS/c1-3(2(4)5,12(6)7)11-13(8,9)10/h1H3,(H,4,5)(H,8,9,10). The third-order valence-electron chi connectivity index (χ3n) is 1.01. The van der Waals surface area contributed by atoms with Crippen molar-refractivity contribution in [3.63, 3.8) is 0 Å². The van der Waals surface area contributed by atoms with E-state index in [1.54, 1.807) is 0 Å². The molecule has 0 saturated carbocycles. The van der Waals surface area contributed by atoms with Crippen LogP contribution in [0, 0.1) is 0 Å². The van der Waals surface area contributed by atoms with Crippen LogP contribution in [0.3, 0.4) is 0 Å². The number of hydrogen-bond donors (Lipinski definition) is 2. The van der Waals surface area contributed by atoms with Gasteiger partial charge >= 0.3 is 24.0 Å². The van der Waals surface area contributed by atoms with E-state index in [9.17, 15) is 22.3 Å². The lowest BCUT2D eigenvalue weighted by Crippen LogP contribution is -2.35. The summed E-state index contributed by atoms with van der Waals surface area (Å²) < 4.78 is 52.3. The fraction of sp³-hybridized carbons (Fsp3) is 0.667. The molecule has 76 valence electrons. The Morgan fingerprint density at radius 3 is 1.92 bits per heavy atom. The molecule has 0 bridgehead atoms. The first-order valence-corrected chi connectivity index (χ1v) is 5.20. The second-order valence-electron chi connectivity index (χ2n) is 2.06. The zero-order chi connectivity index (χ0) is 10.9. The average molecular weight is 232 g/mol. The van der Waals surface area contributed by atoms with Gasteiger partial charge in [0.05, 0.1) is 0 Å². The molecule has 0 fully saturated rings. The van der Waals surface area contributed by atoms with Gasteiger partial charge in [-0.1, -0.05) is 0 Å². The van der Waals surface area contributed by atoms with Crippen LogP contribution >= 0.6 is 7.68 Å². The molecular weight excluding hydrogens is 227 g/mol. The molecule has 1 unspecified atom stereocenters. The van der Waals surface area contributed by atoms with Crippen LogP contribution in [0.2, 0.25) is 0 Å². The molecular formula is C3H5O8PS. The maximum atomic E-state index is 10.3. The summed E-state index contributed by atoms with van der Waals surface area (Å²) in [6, 6.07) is 0. The van der Waals surface area contributed by atoms with Crippen LogP contribution in [0.4, 0.5) is 0 Å². The maximum absolute atomic E-state index is 10.3. The summed E-state index contributed by atoms with van der Waals surface area (Å²) in [6.45, 7) is 0.481. The first-order chi connectivity index (χ1) is 5.59. The maximum Gasteiger partial charge on any atom is 0.399 e. The Labute approximate surface area is 73.3 Å². The summed E-state index contributed by atoms with van der Waals surface area (Å²) in [5.74, 6) is -2.04. The minimum absolute atomic E-state index is 0.481. The van der Waals surface area contributed by atoms with Gasteiger partial charge in [0.25, 0.3) is 5.34 Å². The number of carbonyl (C=O) groups is 1. The largest absolute Gasteiger partial charge is 0.478 e. The van der Waals surface area contributed by atoms with E-state index in [-0.39, 0.29) is 0 Å². The molecule has 1 atom stereocenters.